The van der Waals surface area contributed by atoms with Gasteiger partial charge in [0.1, 0.15) is 0 Å². The zero-order valence-corrected chi connectivity index (χ0v) is 30.1. The fourth-order valence-corrected chi connectivity index (χ4v) is 7.42. The van der Waals surface area contributed by atoms with Crippen molar-refractivity contribution >= 4 is 66.4 Å². The van der Waals surface area contributed by atoms with Crippen LogP contribution >= 0.6 is 0 Å². The van der Waals surface area contributed by atoms with E-state index < -0.39 is 0 Å². The first kappa shape index (κ1) is 32.4. The highest BCUT2D eigenvalue weighted by Crippen LogP contribution is 2.47. The number of fused-ring (bicyclic) bond motifs is 5. The standard InChI is InChI=1S/C49H44N2/c1-33(2)36-21-27-40(28-22-36)50(38-13-7-6-8-14-38)48-31-46-43-16-10-12-18-45(43)49(32-47(46)42-15-9-11-17-44(42)48)51(39-25-19-35(5)20-26-39)41-29-23-37(24-30-41)34(3)4/h6-34H,1-5H3. The maximum Gasteiger partial charge on any atom is 0.0546 e. The fraction of sp³-hybridized carbons (Fsp3) is 0.143. The highest BCUT2D eigenvalue weighted by Gasteiger charge is 2.22. The third-order valence-corrected chi connectivity index (χ3v) is 10.3. The van der Waals surface area contributed by atoms with Crippen LogP contribution in [0.2, 0.25) is 0 Å². The van der Waals surface area contributed by atoms with Crippen molar-refractivity contribution in [2.75, 3.05) is 9.80 Å². The molecule has 8 aromatic rings. The molecule has 2 heteroatoms. The van der Waals surface area contributed by atoms with Crippen molar-refractivity contribution < 1.29 is 0 Å². The summed E-state index contributed by atoms with van der Waals surface area (Å²) in [4.78, 5) is 4.85. The number of anilines is 6. The van der Waals surface area contributed by atoms with Gasteiger partial charge in [0.05, 0.1) is 11.4 Å². The zero-order valence-electron chi connectivity index (χ0n) is 30.1. The van der Waals surface area contributed by atoms with E-state index in [1.165, 1.54) is 60.4 Å². The topological polar surface area (TPSA) is 6.48 Å². The van der Waals surface area contributed by atoms with Crippen molar-refractivity contribution in [1.82, 2.24) is 0 Å². The van der Waals surface area contributed by atoms with Crippen molar-refractivity contribution in [2.45, 2.75) is 46.5 Å². The van der Waals surface area contributed by atoms with Gasteiger partial charge in [-0.3, -0.25) is 0 Å². The molecule has 0 aliphatic carbocycles. The maximum absolute atomic E-state index is 2.43. The van der Waals surface area contributed by atoms with Gasteiger partial charge < -0.3 is 9.80 Å². The average Bonchev–Trinajstić information content (AvgIpc) is 3.17. The summed E-state index contributed by atoms with van der Waals surface area (Å²) in [6.07, 6.45) is 0. The van der Waals surface area contributed by atoms with E-state index in [0.29, 0.717) is 11.8 Å². The molecule has 0 radical (unpaired) electrons. The molecular weight excluding hydrogens is 617 g/mol. The molecule has 0 unspecified atom stereocenters. The molecule has 0 atom stereocenters. The van der Waals surface area contributed by atoms with Crippen LogP contribution in [0.15, 0.2) is 164 Å². The molecule has 0 saturated carbocycles. The molecule has 0 N–H and O–H groups in total. The molecule has 51 heavy (non-hydrogen) atoms. The molecule has 250 valence electrons. The number of aryl methyl sites for hydroxylation is 1. The summed E-state index contributed by atoms with van der Waals surface area (Å²) in [7, 11) is 0. The molecule has 0 aliphatic heterocycles. The van der Waals surface area contributed by atoms with E-state index in [1.54, 1.807) is 0 Å². The summed E-state index contributed by atoms with van der Waals surface area (Å²) in [5.74, 6) is 0.941. The molecule has 8 aromatic carbocycles. The van der Waals surface area contributed by atoms with Crippen molar-refractivity contribution in [1.29, 1.82) is 0 Å². The highest BCUT2D eigenvalue weighted by molar-refractivity contribution is 6.24. The number of benzene rings is 8. The smallest absolute Gasteiger partial charge is 0.0546 e. The van der Waals surface area contributed by atoms with Crippen LogP contribution in [-0.2, 0) is 0 Å². The Kier molecular flexibility index (Phi) is 8.53. The molecule has 0 spiro atoms. The maximum atomic E-state index is 2.43. The van der Waals surface area contributed by atoms with E-state index >= 15 is 0 Å². The quantitative estimate of drug-likeness (QED) is 0.150. The van der Waals surface area contributed by atoms with Crippen molar-refractivity contribution in [3.8, 4) is 0 Å². The molecule has 0 aliphatic rings. The van der Waals surface area contributed by atoms with E-state index in [9.17, 15) is 0 Å². The van der Waals surface area contributed by atoms with Crippen molar-refractivity contribution in [3.63, 3.8) is 0 Å². The van der Waals surface area contributed by atoms with Gasteiger partial charge in [-0.05, 0) is 112 Å². The predicted octanol–water partition coefficient (Wildman–Crippen LogP) is 14.6. The predicted molar refractivity (Wildman–Crippen MR) is 221 cm³/mol. The summed E-state index contributed by atoms with van der Waals surface area (Å²) in [6, 6.07) is 60.5. The monoisotopic (exact) mass is 660 g/mol. The SMILES string of the molecule is Cc1ccc(N(c2ccc(C(C)C)cc2)c2cc3c4ccccc4c(N(c4ccccc4)c4ccc(C(C)C)cc4)cc3c3ccccc23)cc1. The lowest BCUT2D eigenvalue weighted by molar-refractivity contribution is 0.866. The Balaban J connectivity index is 1.42. The van der Waals surface area contributed by atoms with E-state index in [4.69, 9.17) is 0 Å². The van der Waals surface area contributed by atoms with Crippen LogP contribution in [0.5, 0.6) is 0 Å². The van der Waals surface area contributed by atoms with Gasteiger partial charge >= 0.3 is 0 Å². The third-order valence-electron chi connectivity index (χ3n) is 10.3. The molecule has 8 rings (SSSR count). The summed E-state index contributed by atoms with van der Waals surface area (Å²) >= 11 is 0. The summed E-state index contributed by atoms with van der Waals surface area (Å²) in [5, 5.41) is 7.37. The number of hydrogen-bond acceptors (Lipinski definition) is 2. The minimum atomic E-state index is 0.470. The Labute approximate surface area is 302 Å². The molecule has 0 fully saturated rings. The van der Waals surface area contributed by atoms with Crippen LogP contribution in [0.4, 0.5) is 34.1 Å². The third kappa shape index (κ3) is 6.02. The van der Waals surface area contributed by atoms with E-state index in [2.05, 4.69) is 208 Å². The van der Waals surface area contributed by atoms with Crippen LogP contribution in [0.1, 0.15) is 56.2 Å². The minimum absolute atomic E-state index is 0.470. The van der Waals surface area contributed by atoms with Crippen molar-refractivity contribution in [2.24, 2.45) is 0 Å². The summed E-state index contributed by atoms with van der Waals surface area (Å²) in [6.45, 7) is 11.2. The molecule has 0 saturated heterocycles. The van der Waals surface area contributed by atoms with Crippen LogP contribution < -0.4 is 9.80 Å². The molecule has 2 nitrogen and oxygen atoms in total. The molecular formula is C49H44N2. The van der Waals surface area contributed by atoms with Gasteiger partial charge in [0.15, 0.2) is 0 Å². The van der Waals surface area contributed by atoms with Crippen molar-refractivity contribution in [3.05, 3.63) is 180 Å². The molecule has 0 heterocycles. The van der Waals surface area contributed by atoms with Crippen LogP contribution in [0.25, 0.3) is 32.3 Å². The lowest BCUT2D eigenvalue weighted by atomic mass is 9.93. The number of rotatable bonds is 8. The molecule has 0 amide bonds. The van der Waals surface area contributed by atoms with Gasteiger partial charge in [-0.2, -0.15) is 0 Å². The second-order valence-electron chi connectivity index (χ2n) is 14.3. The van der Waals surface area contributed by atoms with Gasteiger partial charge in [-0.25, -0.2) is 0 Å². The number of nitrogens with zero attached hydrogens (tertiary/aromatic N) is 2. The number of hydrogen-bond donors (Lipinski definition) is 0. The Hall–Kier alpha value is -5.86. The lowest BCUT2D eigenvalue weighted by Gasteiger charge is -2.30. The van der Waals surface area contributed by atoms with E-state index in [0.717, 1.165) is 22.7 Å². The first-order valence-corrected chi connectivity index (χ1v) is 18.2. The molecule has 0 aromatic heterocycles. The van der Waals surface area contributed by atoms with Gasteiger partial charge in [0.25, 0.3) is 0 Å². The van der Waals surface area contributed by atoms with Crippen LogP contribution in [0, 0.1) is 6.92 Å². The Morgan fingerprint density at radius 3 is 1.06 bits per heavy atom. The molecule has 0 bridgehead atoms. The summed E-state index contributed by atoms with van der Waals surface area (Å²) < 4.78 is 0. The first-order chi connectivity index (χ1) is 24.9. The van der Waals surface area contributed by atoms with Crippen LogP contribution in [-0.4, -0.2) is 0 Å². The van der Waals surface area contributed by atoms with Gasteiger partial charge in [0.2, 0.25) is 0 Å². The highest BCUT2D eigenvalue weighted by atomic mass is 15.1. The largest absolute Gasteiger partial charge is 0.310 e. The van der Waals surface area contributed by atoms with E-state index in [-0.39, 0.29) is 0 Å². The normalized spacial score (nSPS) is 11.6. The first-order valence-electron chi connectivity index (χ1n) is 18.2. The zero-order chi connectivity index (χ0) is 35.1. The second kappa shape index (κ2) is 13.5. The Morgan fingerprint density at radius 1 is 0.333 bits per heavy atom. The average molecular weight is 661 g/mol. The van der Waals surface area contributed by atoms with Gasteiger partial charge in [0, 0.05) is 33.5 Å². The second-order valence-corrected chi connectivity index (χ2v) is 14.3. The lowest BCUT2D eigenvalue weighted by Crippen LogP contribution is -2.12. The Morgan fingerprint density at radius 2 is 0.667 bits per heavy atom. The van der Waals surface area contributed by atoms with E-state index in [1.807, 2.05) is 0 Å². The summed E-state index contributed by atoms with van der Waals surface area (Å²) in [5.41, 5.74) is 10.8. The van der Waals surface area contributed by atoms with Gasteiger partial charge in [-0.1, -0.05) is 136 Å². The number of para-hydroxylation sites is 1. The minimum Gasteiger partial charge on any atom is -0.310 e. The van der Waals surface area contributed by atoms with Gasteiger partial charge in [-0.15, -0.1) is 0 Å². The Bertz CT molecular complexity index is 2460. The fourth-order valence-electron chi connectivity index (χ4n) is 7.42. The van der Waals surface area contributed by atoms with Crippen LogP contribution in [0.3, 0.4) is 0 Å².